The van der Waals surface area contributed by atoms with Crippen molar-refractivity contribution in [2.75, 3.05) is 20.6 Å². The van der Waals surface area contributed by atoms with Crippen LogP contribution in [0.15, 0.2) is 33.7 Å². The van der Waals surface area contributed by atoms with Crippen LogP contribution in [0.25, 0.3) is 0 Å². The lowest BCUT2D eigenvalue weighted by atomic mass is 10.2. The number of alkyl halides is 3. The minimum absolute atomic E-state index is 0. The molecule has 1 aromatic rings. The van der Waals surface area contributed by atoms with E-state index in [9.17, 15) is 13.2 Å². The monoisotopic (exact) mass is 479 g/mol. The summed E-state index contributed by atoms with van der Waals surface area (Å²) in [7, 11) is 3.33. The molecule has 0 atom stereocenters. The summed E-state index contributed by atoms with van der Waals surface area (Å²) in [5, 5.41) is 2.70. The van der Waals surface area contributed by atoms with Gasteiger partial charge in [0.25, 0.3) is 0 Å². The number of nitrogens with zero attached hydrogens (tertiary/aromatic N) is 2. The lowest BCUT2D eigenvalue weighted by Crippen LogP contribution is -2.39. The molecule has 0 aliphatic rings. The molecule has 3 nitrogen and oxygen atoms in total. The van der Waals surface area contributed by atoms with Crippen LogP contribution in [0.5, 0.6) is 0 Å². The number of halogens is 5. The smallest absolute Gasteiger partial charge is 0.356 e. The molecule has 21 heavy (non-hydrogen) atoms. The maximum atomic E-state index is 12.1. The highest BCUT2D eigenvalue weighted by molar-refractivity contribution is 14.0. The van der Waals surface area contributed by atoms with E-state index in [0.717, 1.165) is 10.0 Å². The first-order valence-corrected chi connectivity index (χ1v) is 6.84. The fourth-order valence-corrected chi connectivity index (χ4v) is 1.90. The molecule has 8 heteroatoms. The molecule has 0 aliphatic carbocycles. The predicted molar refractivity (Wildman–Crippen MR) is 93.1 cm³/mol. The van der Waals surface area contributed by atoms with Crippen molar-refractivity contribution < 1.29 is 13.2 Å². The van der Waals surface area contributed by atoms with Crippen LogP contribution in [0.3, 0.4) is 0 Å². The zero-order valence-corrected chi connectivity index (χ0v) is 15.7. The maximum Gasteiger partial charge on any atom is 0.390 e. The van der Waals surface area contributed by atoms with Crippen molar-refractivity contribution in [3.05, 3.63) is 34.3 Å². The summed E-state index contributed by atoms with van der Waals surface area (Å²) in [6.45, 7) is 0.389. The number of nitrogens with one attached hydrogen (secondary N) is 1. The zero-order chi connectivity index (χ0) is 15.2. The third kappa shape index (κ3) is 8.50. The van der Waals surface area contributed by atoms with Gasteiger partial charge in [-0.15, -0.1) is 24.0 Å². The van der Waals surface area contributed by atoms with E-state index in [0.29, 0.717) is 12.5 Å². The van der Waals surface area contributed by atoms with E-state index in [1.165, 1.54) is 0 Å². The minimum atomic E-state index is -4.16. The summed E-state index contributed by atoms with van der Waals surface area (Å²) < 4.78 is 37.3. The summed E-state index contributed by atoms with van der Waals surface area (Å²) in [4.78, 5) is 5.75. The van der Waals surface area contributed by atoms with E-state index in [2.05, 4.69) is 26.2 Å². The van der Waals surface area contributed by atoms with Crippen molar-refractivity contribution in [1.82, 2.24) is 10.2 Å². The van der Waals surface area contributed by atoms with Gasteiger partial charge in [0.2, 0.25) is 0 Å². The van der Waals surface area contributed by atoms with Crippen molar-refractivity contribution >= 4 is 45.9 Å². The Morgan fingerprint density at radius 2 is 1.86 bits per heavy atom. The molecule has 0 bridgehead atoms. The highest BCUT2D eigenvalue weighted by Crippen LogP contribution is 2.18. The van der Waals surface area contributed by atoms with Gasteiger partial charge in [0.1, 0.15) is 0 Å². The number of hydrogen-bond donors (Lipinski definition) is 1. The van der Waals surface area contributed by atoms with Gasteiger partial charge in [-0.2, -0.15) is 13.2 Å². The third-order valence-corrected chi connectivity index (χ3v) is 3.13. The highest BCUT2D eigenvalue weighted by atomic mass is 127. The second-order valence-electron chi connectivity index (χ2n) is 4.32. The predicted octanol–water partition coefficient (Wildman–Crippen LogP) is 4.03. The molecular formula is C13H18BrF3IN3. The molecule has 0 saturated carbocycles. The summed E-state index contributed by atoms with van der Waals surface area (Å²) >= 11 is 3.35. The van der Waals surface area contributed by atoms with Gasteiger partial charge in [-0.25, -0.2) is 0 Å². The molecule has 120 valence electrons. The Morgan fingerprint density at radius 1 is 1.29 bits per heavy atom. The van der Waals surface area contributed by atoms with Gasteiger partial charge in [-0.3, -0.25) is 4.99 Å². The van der Waals surface area contributed by atoms with E-state index < -0.39 is 12.6 Å². The van der Waals surface area contributed by atoms with E-state index >= 15 is 0 Å². The summed E-state index contributed by atoms with van der Waals surface area (Å²) in [5.74, 6) is 0.442. The molecular weight excluding hydrogens is 462 g/mol. The quantitative estimate of drug-likeness (QED) is 0.401. The summed E-state index contributed by atoms with van der Waals surface area (Å²) in [6, 6.07) is 7.74. The molecule has 1 aromatic carbocycles. The Labute approximate surface area is 148 Å². The van der Waals surface area contributed by atoms with Crippen molar-refractivity contribution in [3.63, 3.8) is 0 Å². The van der Waals surface area contributed by atoms with Crippen LogP contribution in [-0.4, -0.2) is 37.7 Å². The fourth-order valence-electron chi connectivity index (χ4n) is 1.64. The second kappa shape index (κ2) is 9.50. The molecule has 0 unspecified atom stereocenters. The first kappa shape index (κ1) is 20.5. The topological polar surface area (TPSA) is 27.6 Å². The zero-order valence-electron chi connectivity index (χ0n) is 11.7. The van der Waals surface area contributed by atoms with Crippen molar-refractivity contribution in [1.29, 1.82) is 0 Å². The molecule has 0 fully saturated rings. The third-order valence-electron chi connectivity index (χ3n) is 2.60. The van der Waals surface area contributed by atoms with Gasteiger partial charge in [0.05, 0.1) is 6.42 Å². The van der Waals surface area contributed by atoms with Crippen molar-refractivity contribution in [3.8, 4) is 0 Å². The van der Waals surface area contributed by atoms with Gasteiger partial charge in [0, 0.05) is 31.7 Å². The number of rotatable bonds is 4. The van der Waals surface area contributed by atoms with Gasteiger partial charge < -0.3 is 10.2 Å². The van der Waals surface area contributed by atoms with Crippen molar-refractivity contribution in [2.24, 2.45) is 4.99 Å². The summed E-state index contributed by atoms with van der Waals surface area (Å²) in [6.07, 6.45) is -5.03. The van der Waals surface area contributed by atoms with Gasteiger partial charge >= 0.3 is 6.18 Å². The minimum Gasteiger partial charge on any atom is -0.356 e. The standard InChI is InChI=1S/C13H17BrF3N3.HI/c1-18-12(19-8-7-13(15,16)17)20(2)9-10-3-5-11(14)6-4-10;/h3-6H,7-9H2,1-2H3,(H,18,19);1H. The Bertz CT molecular complexity index is 449. The second-order valence-corrected chi connectivity index (χ2v) is 5.24. The lowest BCUT2D eigenvalue weighted by molar-refractivity contribution is -0.132. The number of benzene rings is 1. The largest absolute Gasteiger partial charge is 0.390 e. The molecule has 0 aliphatic heterocycles. The van der Waals surface area contributed by atoms with Gasteiger partial charge in [0.15, 0.2) is 5.96 Å². The Balaban J connectivity index is 0.00000400. The molecule has 1 rings (SSSR count). The van der Waals surface area contributed by atoms with Crippen LogP contribution in [-0.2, 0) is 6.54 Å². The SMILES string of the molecule is CN=C(NCCC(F)(F)F)N(C)Cc1ccc(Br)cc1.I. The molecule has 0 spiro atoms. The lowest BCUT2D eigenvalue weighted by Gasteiger charge is -2.22. The number of aliphatic imine (C=N–C) groups is 1. The normalized spacial score (nSPS) is 11.8. The van der Waals surface area contributed by atoms with E-state index in [-0.39, 0.29) is 30.5 Å². The van der Waals surface area contributed by atoms with Gasteiger partial charge in [-0.1, -0.05) is 28.1 Å². The average Bonchev–Trinajstić information content (AvgIpc) is 2.36. The molecule has 1 N–H and O–H groups in total. The van der Waals surface area contributed by atoms with Crippen molar-refractivity contribution in [2.45, 2.75) is 19.1 Å². The van der Waals surface area contributed by atoms with E-state index in [4.69, 9.17) is 0 Å². The number of hydrogen-bond acceptors (Lipinski definition) is 1. The first-order valence-electron chi connectivity index (χ1n) is 6.05. The molecule has 0 heterocycles. The van der Waals surface area contributed by atoms with Crippen LogP contribution >= 0.6 is 39.9 Å². The van der Waals surface area contributed by atoms with Crippen LogP contribution < -0.4 is 5.32 Å². The molecule has 0 aromatic heterocycles. The molecule has 0 saturated heterocycles. The van der Waals surface area contributed by atoms with E-state index in [1.54, 1.807) is 19.0 Å². The fraction of sp³-hybridized carbons (Fsp3) is 0.462. The van der Waals surface area contributed by atoms with Crippen LogP contribution in [0.2, 0.25) is 0 Å². The van der Waals surface area contributed by atoms with Crippen LogP contribution in [0.1, 0.15) is 12.0 Å². The Kier molecular flexibility index (Phi) is 9.26. The highest BCUT2D eigenvalue weighted by Gasteiger charge is 2.26. The Morgan fingerprint density at radius 3 is 2.33 bits per heavy atom. The van der Waals surface area contributed by atoms with Gasteiger partial charge in [-0.05, 0) is 17.7 Å². The Hall–Kier alpha value is -0.510. The van der Waals surface area contributed by atoms with Crippen LogP contribution in [0.4, 0.5) is 13.2 Å². The molecule has 0 amide bonds. The first-order chi connectivity index (χ1) is 9.31. The number of guanidine groups is 1. The maximum absolute atomic E-state index is 12.1. The average molecular weight is 480 g/mol. The molecule has 0 radical (unpaired) electrons. The van der Waals surface area contributed by atoms with Crippen LogP contribution in [0, 0.1) is 0 Å². The van der Waals surface area contributed by atoms with E-state index in [1.807, 2.05) is 24.3 Å². The summed E-state index contributed by atoms with van der Waals surface area (Å²) in [5.41, 5.74) is 1.05.